The number of nitrogens with zero attached hydrogens (tertiary/aromatic N) is 4. The van der Waals surface area contributed by atoms with Crippen LogP contribution in [0.1, 0.15) is 58.9 Å². The van der Waals surface area contributed by atoms with Crippen molar-refractivity contribution in [3.05, 3.63) is 36.2 Å². The Kier molecular flexibility index (Phi) is 11.0. The molecule has 0 aliphatic carbocycles. The van der Waals surface area contributed by atoms with Gasteiger partial charge in [0.1, 0.15) is 23.2 Å². The van der Waals surface area contributed by atoms with E-state index in [0.29, 0.717) is 38.7 Å². The first-order valence-corrected chi connectivity index (χ1v) is 19.7. The van der Waals surface area contributed by atoms with E-state index in [1.807, 2.05) is 27.6 Å². The number of hydrogen-bond donors (Lipinski definition) is 1. The van der Waals surface area contributed by atoms with Crippen LogP contribution in [0.4, 0.5) is 0 Å². The minimum Gasteiger partial charge on any atom is -0.543 e. The quantitative estimate of drug-likeness (QED) is 0.127. The van der Waals surface area contributed by atoms with Crippen LogP contribution in [-0.4, -0.2) is 74.4 Å². The number of rotatable bonds is 14. The molecule has 1 aliphatic heterocycles. The molecule has 2 unspecified atom stereocenters. The Bertz CT molecular complexity index is 1560. The maximum Gasteiger partial charge on any atom is 0.265 e. The van der Waals surface area contributed by atoms with E-state index in [2.05, 4.69) is 52.1 Å². The van der Waals surface area contributed by atoms with Gasteiger partial charge in [-0.3, -0.25) is 4.55 Å². The van der Waals surface area contributed by atoms with E-state index < -0.39 is 18.4 Å². The summed E-state index contributed by atoms with van der Waals surface area (Å²) in [5.74, 6) is 0.158. The fraction of sp³-hybridized carbons (Fsp3) is 0.613. The third-order valence-electron chi connectivity index (χ3n) is 8.32. The van der Waals surface area contributed by atoms with Crippen molar-refractivity contribution in [1.29, 1.82) is 5.26 Å². The van der Waals surface area contributed by atoms with Gasteiger partial charge in [0.2, 0.25) is 8.32 Å². The predicted molar refractivity (Wildman–Crippen MR) is 172 cm³/mol. The summed E-state index contributed by atoms with van der Waals surface area (Å²) in [5.41, 5.74) is 3.08. The molecule has 4 rings (SSSR count). The lowest BCUT2D eigenvalue weighted by Crippen LogP contribution is -2.43. The molecule has 242 valence electrons. The average Bonchev–Trinajstić information content (AvgIpc) is 3.52. The van der Waals surface area contributed by atoms with Crippen molar-refractivity contribution in [3.63, 3.8) is 0 Å². The molecule has 0 bridgehead atoms. The Morgan fingerprint density at radius 2 is 1.93 bits per heavy atom. The van der Waals surface area contributed by atoms with Crippen molar-refractivity contribution in [2.75, 3.05) is 38.8 Å². The molecule has 3 aromatic rings. The van der Waals surface area contributed by atoms with Gasteiger partial charge < -0.3 is 23.2 Å². The van der Waals surface area contributed by atoms with Gasteiger partial charge in [0.05, 0.1) is 37.7 Å². The van der Waals surface area contributed by atoms with Gasteiger partial charge in [-0.15, -0.1) is 0 Å². The number of nitriles is 1. The first-order chi connectivity index (χ1) is 20.7. The zero-order chi connectivity index (χ0) is 32.1. The van der Waals surface area contributed by atoms with Crippen LogP contribution >= 0.6 is 0 Å². The molecule has 1 aromatic carbocycles. The molecule has 2 aromatic heterocycles. The molecule has 0 radical (unpaired) electrons. The predicted octanol–water partition coefficient (Wildman–Crippen LogP) is 6.02. The maximum absolute atomic E-state index is 11.0. The smallest absolute Gasteiger partial charge is 0.265 e. The topological polar surface area (TPSA) is 138 Å². The van der Waals surface area contributed by atoms with Gasteiger partial charge in [-0.05, 0) is 67.6 Å². The fourth-order valence-electron chi connectivity index (χ4n) is 4.97. The van der Waals surface area contributed by atoms with Crippen molar-refractivity contribution in [2.45, 2.75) is 77.9 Å². The number of fused-ring (bicyclic) bond motifs is 1. The summed E-state index contributed by atoms with van der Waals surface area (Å²) >= 11 is 0. The Morgan fingerprint density at radius 1 is 1.18 bits per heavy atom. The number of benzene rings is 1. The summed E-state index contributed by atoms with van der Waals surface area (Å²) in [6.07, 6.45) is 4.81. The lowest BCUT2D eigenvalue weighted by molar-refractivity contribution is -0.0365. The fourth-order valence-corrected chi connectivity index (χ4v) is 6.81. The number of hydrogen-bond acceptors (Lipinski definition) is 8. The van der Waals surface area contributed by atoms with Crippen molar-refractivity contribution >= 4 is 29.3 Å². The van der Waals surface area contributed by atoms with Gasteiger partial charge >= 0.3 is 0 Å². The van der Waals surface area contributed by atoms with Crippen molar-refractivity contribution in [1.82, 2.24) is 14.3 Å². The molecular formula is C31H46N4O7SSi. The van der Waals surface area contributed by atoms with E-state index >= 15 is 0 Å². The van der Waals surface area contributed by atoms with E-state index in [0.717, 1.165) is 47.2 Å². The summed E-state index contributed by atoms with van der Waals surface area (Å²) in [6, 6.07) is 10.3. The molecule has 1 aliphatic rings. The second-order valence-corrected chi connectivity index (χ2v) is 19.3. The molecule has 2 atom stereocenters. The minimum atomic E-state index is -4.02. The van der Waals surface area contributed by atoms with Crippen LogP contribution in [0.3, 0.4) is 0 Å². The lowest BCUT2D eigenvalue weighted by atomic mass is 10.1. The van der Waals surface area contributed by atoms with Crippen LogP contribution in [0, 0.1) is 17.2 Å². The van der Waals surface area contributed by atoms with Crippen LogP contribution in [0.5, 0.6) is 5.75 Å². The third-order valence-corrected chi connectivity index (χ3v) is 13.7. The highest BCUT2D eigenvalue weighted by molar-refractivity contribution is 7.85. The Balaban J connectivity index is 1.50. The van der Waals surface area contributed by atoms with E-state index in [4.69, 9.17) is 28.3 Å². The SMILES string of the molecule is CC(COCCOCCn1cc(-c2nn(C3CCCCO3)c3ccc(O[Si](C)(C)C(C)(C)C)cc23)cc1C#N)CS(=O)(=O)O. The summed E-state index contributed by atoms with van der Waals surface area (Å²) in [6.45, 7) is 15.2. The Labute approximate surface area is 261 Å². The van der Waals surface area contributed by atoms with Gasteiger partial charge in [0.25, 0.3) is 10.1 Å². The van der Waals surface area contributed by atoms with E-state index in [-0.39, 0.29) is 29.5 Å². The van der Waals surface area contributed by atoms with Crippen molar-refractivity contribution in [3.8, 4) is 23.1 Å². The largest absolute Gasteiger partial charge is 0.543 e. The molecule has 13 heteroatoms. The monoisotopic (exact) mass is 646 g/mol. The van der Waals surface area contributed by atoms with Gasteiger partial charge in [0, 0.05) is 30.3 Å². The van der Waals surface area contributed by atoms with Gasteiger partial charge in [-0.1, -0.05) is 27.7 Å². The summed E-state index contributed by atoms with van der Waals surface area (Å²) in [7, 11) is -6.08. The second kappa shape index (κ2) is 14.1. The average molecular weight is 647 g/mol. The first-order valence-electron chi connectivity index (χ1n) is 15.2. The van der Waals surface area contributed by atoms with Crippen LogP contribution in [-0.2, 0) is 30.9 Å². The highest BCUT2D eigenvalue weighted by atomic mass is 32.2. The normalized spacial score (nSPS) is 17.1. The summed E-state index contributed by atoms with van der Waals surface area (Å²) in [5, 5.41) is 16.0. The standard InChI is InChI=1S/C31H46N4O7SSi/c1-23(22-43(36,37)38)21-40-16-15-39-14-12-34-20-24(17-25(34)19-32)30-27-18-26(42-44(5,6)31(2,3)4)10-11-28(27)35(33-30)29-9-7-8-13-41-29/h10-11,17-18,20,23,29H,7-9,12-16,21-22H2,1-6H3,(H,36,37,38). The highest BCUT2D eigenvalue weighted by Gasteiger charge is 2.39. The number of aromatic nitrogens is 3. The van der Waals surface area contributed by atoms with Crippen LogP contribution in [0.15, 0.2) is 30.5 Å². The van der Waals surface area contributed by atoms with Gasteiger partial charge in [-0.2, -0.15) is 18.8 Å². The van der Waals surface area contributed by atoms with Gasteiger partial charge in [-0.25, -0.2) is 4.68 Å². The molecule has 3 heterocycles. The van der Waals surface area contributed by atoms with E-state index in [9.17, 15) is 13.7 Å². The zero-order valence-electron chi connectivity index (χ0n) is 26.7. The van der Waals surface area contributed by atoms with E-state index in [1.165, 1.54) is 0 Å². The van der Waals surface area contributed by atoms with E-state index in [1.54, 1.807) is 6.92 Å². The molecule has 44 heavy (non-hydrogen) atoms. The number of ether oxygens (including phenoxy) is 3. The molecule has 0 amide bonds. The second-order valence-electron chi connectivity index (χ2n) is 13.1. The highest BCUT2D eigenvalue weighted by Crippen LogP contribution is 2.40. The van der Waals surface area contributed by atoms with Gasteiger partial charge in [0.15, 0.2) is 6.23 Å². The van der Waals surface area contributed by atoms with Crippen molar-refractivity contribution < 1.29 is 31.6 Å². The summed E-state index contributed by atoms with van der Waals surface area (Å²) < 4.78 is 58.6. The zero-order valence-corrected chi connectivity index (χ0v) is 28.5. The minimum absolute atomic E-state index is 0.0551. The molecular weight excluding hydrogens is 601 g/mol. The third kappa shape index (κ3) is 8.71. The molecule has 0 saturated carbocycles. The van der Waals surface area contributed by atoms with Crippen LogP contribution in [0.25, 0.3) is 22.2 Å². The molecule has 11 nitrogen and oxygen atoms in total. The summed E-state index contributed by atoms with van der Waals surface area (Å²) in [4.78, 5) is 0. The van der Waals surface area contributed by atoms with Crippen LogP contribution < -0.4 is 4.43 Å². The molecule has 0 spiro atoms. The van der Waals surface area contributed by atoms with Crippen LogP contribution in [0.2, 0.25) is 18.1 Å². The molecule has 1 N–H and O–H groups in total. The first kappa shape index (κ1) is 34.1. The lowest BCUT2D eigenvalue weighted by Gasteiger charge is -2.36. The molecule has 1 saturated heterocycles. The Morgan fingerprint density at radius 3 is 2.59 bits per heavy atom. The molecule has 1 fully saturated rings. The van der Waals surface area contributed by atoms with Crippen molar-refractivity contribution in [2.24, 2.45) is 5.92 Å². The Hall–Kier alpha value is -2.73. The maximum atomic E-state index is 11.0.